The maximum Gasteiger partial charge on any atom is 0.252 e. The summed E-state index contributed by atoms with van der Waals surface area (Å²) < 4.78 is 0. The van der Waals surface area contributed by atoms with Crippen LogP contribution in [0.1, 0.15) is 51.4 Å². The Balaban J connectivity index is 1.48. The molecule has 0 bridgehead atoms. The summed E-state index contributed by atoms with van der Waals surface area (Å²) in [5, 5.41) is 13.5. The maximum atomic E-state index is 12.2. The molecule has 2 atom stereocenters. The van der Waals surface area contributed by atoms with Crippen LogP contribution in [-0.4, -0.2) is 34.2 Å². The standard InChI is InChI=1S/C15H25NO2S/c17-14(15(18)6-8-19-9-7-15)16-13-10-12(13)11-4-2-1-3-5-11/h11-13,18H,1-10H2,(H,16,17). The van der Waals surface area contributed by atoms with Crippen LogP contribution < -0.4 is 5.32 Å². The first-order valence-electron chi connectivity index (χ1n) is 7.80. The van der Waals surface area contributed by atoms with Gasteiger partial charge in [0.1, 0.15) is 5.60 Å². The molecule has 3 aliphatic rings. The van der Waals surface area contributed by atoms with Gasteiger partial charge in [-0.2, -0.15) is 11.8 Å². The van der Waals surface area contributed by atoms with Gasteiger partial charge in [0.05, 0.1) is 0 Å². The maximum absolute atomic E-state index is 12.2. The largest absolute Gasteiger partial charge is 0.380 e. The lowest BCUT2D eigenvalue weighted by atomic mass is 9.85. The van der Waals surface area contributed by atoms with E-state index in [1.807, 2.05) is 11.8 Å². The van der Waals surface area contributed by atoms with Gasteiger partial charge in [0.2, 0.25) is 0 Å². The van der Waals surface area contributed by atoms with Crippen molar-refractivity contribution in [3.8, 4) is 0 Å². The zero-order chi connectivity index (χ0) is 13.3. The molecule has 0 aromatic rings. The van der Waals surface area contributed by atoms with Crippen molar-refractivity contribution in [2.75, 3.05) is 11.5 Å². The van der Waals surface area contributed by atoms with Crippen molar-refractivity contribution in [3.63, 3.8) is 0 Å². The summed E-state index contributed by atoms with van der Waals surface area (Å²) in [5.74, 6) is 3.24. The molecule has 4 heteroatoms. The third kappa shape index (κ3) is 3.10. The smallest absolute Gasteiger partial charge is 0.252 e. The Labute approximate surface area is 119 Å². The van der Waals surface area contributed by atoms with E-state index >= 15 is 0 Å². The van der Waals surface area contributed by atoms with E-state index in [4.69, 9.17) is 0 Å². The van der Waals surface area contributed by atoms with Crippen molar-refractivity contribution in [2.24, 2.45) is 11.8 Å². The van der Waals surface area contributed by atoms with Crippen molar-refractivity contribution >= 4 is 17.7 Å². The van der Waals surface area contributed by atoms with Gasteiger partial charge in [0.15, 0.2) is 0 Å². The average Bonchev–Trinajstić information content (AvgIpc) is 3.20. The fourth-order valence-electron chi connectivity index (χ4n) is 3.70. The fraction of sp³-hybridized carbons (Fsp3) is 0.933. The predicted octanol–water partition coefficient (Wildman–Crippen LogP) is 2.33. The van der Waals surface area contributed by atoms with Crippen LogP contribution in [0.2, 0.25) is 0 Å². The van der Waals surface area contributed by atoms with Gasteiger partial charge in [-0.25, -0.2) is 0 Å². The third-order valence-corrected chi connectivity index (χ3v) is 6.14. The van der Waals surface area contributed by atoms with Crippen LogP contribution >= 0.6 is 11.8 Å². The minimum Gasteiger partial charge on any atom is -0.380 e. The molecule has 1 heterocycles. The van der Waals surface area contributed by atoms with Crippen LogP contribution in [0.3, 0.4) is 0 Å². The quantitative estimate of drug-likeness (QED) is 0.836. The van der Waals surface area contributed by atoms with Crippen molar-refractivity contribution in [1.82, 2.24) is 5.32 Å². The van der Waals surface area contributed by atoms with Gasteiger partial charge >= 0.3 is 0 Å². The number of carbonyl (C=O) groups excluding carboxylic acids is 1. The monoisotopic (exact) mass is 283 g/mol. The second-order valence-corrected chi connectivity index (χ2v) is 7.75. The Kier molecular flexibility index (Phi) is 4.08. The molecule has 1 saturated heterocycles. The zero-order valence-corrected chi connectivity index (χ0v) is 12.4. The SMILES string of the molecule is O=C(NC1CC1C1CCCCC1)C1(O)CCSCC1. The highest BCUT2D eigenvalue weighted by molar-refractivity contribution is 7.99. The first kappa shape index (κ1) is 13.7. The molecule has 0 aromatic heterocycles. The van der Waals surface area contributed by atoms with E-state index in [1.54, 1.807) is 0 Å². The lowest BCUT2D eigenvalue weighted by Gasteiger charge is -2.30. The van der Waals surface area contributed by atoms with Crippen molar-refractivity contribution < 1.29 is 9.90 Å². The highest BCUT2D eigenvalue weighted by atomic mass is 32.2. The Morgan fingerprint density at radius 2 is 1.84 bits per heavy atom. The summed E-state index contributed by atoms with van der Waals surface area (Å²) in [6.07, 6.45) is 9.18. The topological polar surface area (TPSA) is 49.3 Å². The van der Waals surface area contributed by atoms with E-state index in [-0.39, 0.29) is 5.91 Å². The molecule has 2 saturated carbocycles. The van der Waals surface area contributed by atoms with Crippen LogP contribution in [0.4, 0.5) is 0 Å². The third-order valence-electron chi connectivity index (χ3n) is 5.15. The highest BCUT2D eigenvalue weighted by Gasteiger charge is 2.47. The second kappa shape index (κ2) is 5.65. The Bertz CT molecular complexity index is 335. The molecule has 2 N–H and O–H groups in total. The number of thioether (sulfide) groups is 1. The van der Waals surface area contributed by atoms with Crippen LogP contribution in [0, 0.1) is 11.8 Å². The van der Waals surface area contributed by atoms with Gasteiger partial charge in [0, 0.05) is 6.04 Å². The number of rotatable bonds is 3. The number of amides is 1. The van der Waals surface area contributed by atoms with E-state index in [0.717, 1.165) is 23.8 Å². The molecule has 108 valence electrons. The normalized spacial score (nSPS) is 34.8. The lowest BCUT2D eigenvalue weighted by Crippen LogP contribution is -2.50. The summed E-state index contributed by atoms with van der Waals surface area (Å²) in [6.45, 7) is 0. The van der Waals surface area contributed by atoms with Crippen molar-refractivity contribution in [3.05, 3.63) is 0 Å². The molecule has 0 radical (unpaired) electrons. The van der Waals surface area contributed by atoms with Crippen molar-refractivity contribution in [2.45, 2.75) is 63.0 Å². The van der Waals surface area contributed by atoms with Gasteiger partial charge < -0.3 is 10.4 Å². The van der Waals surface area contributed by atoms with Crippen LogP contribution in [0.15, 0.2) is 0 Å². The number of nitrogens with one attached hydrogen (secondary N) is 1. The van der Waals surface area contributed by atoms with Gasteiger partial charge in [-0.05, 0) is 42.6 Å². The number of hydrogen-bond donors (Lipinski definition) is 2. The van der Waals surface area contributed by atoms with E-state index in [0.29, 0.717) is 24.8 Å². The Morgan fingerprint density at radius 1 is 1.16 bits per heavy atom. The summed E-state index contributed by atoms with van der Waals surface area (Å²) in [7, 11) is 0. The molecular weight excluding hydrogens is 258 g/mol. The second-order valence-electron chi connectivity index (χ2n) is 6.52. The molecule has 3 rings (SSSR count). The summed E-state index contributed by atoms with van der Waals surface area (Å²) in [6, 6.07) is 0.356. The fourth-order valence-corrected chi connectivity index (χ4v) is 4.87. The van der Waals surface area contributed by atoms with Crippen molar-refractivity contribution in [1.29, 1.82) is 0 Å². The van der Waals surface area contributed by atoms with E-state index in [1.165, 1.54) is 32.1 Å². The molecular formula is C15H25NO2S. The molecule has 2 unspecified atom stereocenters. The molecule has 1 amide bonds. The summed E-state index contributed by atoms with van der Waals surface area (Å²) in [5.41, 5.74) is -1.08. The molecule has 3 fully saturated rings. The van der Waals surface area contributed by atoms with Gasteiger partial charge in [-0.15, -0.1) is 0 Å². The van der Waals surface area contributed by atoms with E-state index in [2.05, 4.69) is 5.32 Å². The molecule has 0 aromatic carbocycles. The number of aliphatic hydroxyl groups is 1. The molecule has 2 aliphatic carbocycles. The van der Waals surface area contributed by atoms with E-state index < -0.39 is 5.60 Å². The van der Waals surface area contributed by atoms with Gasteiger partial charge in [-0.3, -0.25) is 4.79 Å². The van der Waals surface area contributed by atoms with Crippen LogP contribution in [0.5, 0.6) is 0 Å². The van der Waals surface area contributed by atoms with Crippen LogP contribution in [0.25, 0.3) is 0 Å². The molecule has 3 nitrogen and oxygen atoms in total. The first-order chi connectivity index (χ1) is 9.19. The summed E-state index contributed by atoms with van der Waals surface area (Å²) in [4.78, 5) is 12.2. The number of carbonyl (C=O) groups is 1. The van der Waals surface area contributed by atoms with Gasteiger partial charge in [0.25, 0.3) is 5.91 Å². The zero-order valence-electron chi connectivity index (χ0n) is 11.6. The highest BCUT2D eigenvalue weighted by Crippen LogP contribution is 2.44. The molecule has 19 heavy (non-hydrogen) atoms. The minimum absolute atomic E-state index is 0.101. The minimum atomic E-state index is -1.08. The summed E-state index contributed by atoms with van der Waals surface area (Å²) >= 11 is 1.83. The molecule has 1 aliphatic heterocycles. The van der Waals surface area contributed by atoms with E-state index in [9.17, 15) is 9.90 Å². The van der Waals surface area contributed by atoms with Crippen LogP contribution in [-0.2, 0) is 4.79 Å². The number of hydrogen-bond acceptors (Lipinski definition) is 3. The predicted molar refractivity (Wildman–Crippen MR) is 78.1 cm³/mol. The average molecular weight is 283 g/mol. The lowest BCUT2D eigenvalue weighted by molar-refractivity contribution is -0.140. The Morgan fingerprint density at radius 3 is 2.53 bits per heavy atom. The molecule has 0 spiro atoms. The Hall–Kier alpha value is -0.220. The van der Waals surface area contributed by atoms with Gasteiger partial charge in [-0.1, -0.05) is 32.1 Å². The first-order valence-corrected chi connectivity index (χ1v) is 8.96.